The Morgan fingerprint density at radius 1 is 0.556 bits per heavy atom. The molecular weight excluding hydrogens is 805 g/mol. The van der Waals surface area contributed by atoms with Crippen LogP contribution in [0, 0.1) is 19.3 Å². The second-order valence-corrected chi connectivity index (χ2v) is 16.7. The van der Waals surface area contributed by atoms with Gasteiger partial charge in [0.2, 0.25) is 0 Å². The molecular formula is C49H60N4O10. The number of aromatic nitrogens is 4. The Balaban J connectivity index is 1.75. The third-order valence-corrected chi connectivity index (χ3v) is 13.5. The molecule has 2 atom stereocenters. The monoisotopic (exact) mass is 864 g/mol. The van der Waals surface area contributed by atoms with E-state index >= 15 is 0 Å². The maximum absolute atomic E-state index is 14.3. The SMILES string of the molecule is CCOC(=O)CCC1=C(C)c2cc3[nH]c(cc4nc(cc5[nH]c(cc1n2)c(C)c5CCC(=O)OCC)C1(C)C(C(C)=O)(C(C)=O)C41CCC(=O)OCC)c(C)c3CCC(=O)OCC. The molecule has 14 heteroatoms. The molecule has 3 aliphatic rings. The van der Waals surface area contributed by atoms with Gasteiger partial charge in [0.1, 0.15) is 17.0 Å². The maximum atomic E-state index is 14.3. The van der Waals surface area contributed by atoms with Crippen LogP contribution < -0.4 is 0 Å². The highest BCUT2D eigenvalue weighted by molar-refractivity contribution is 6.15. The van der Waals surface area contributed by atoms with E-state index in [1.54, 1.807) is 27.7 Å². The third kappa shape index (κ3) is 7.90. The van der Waals surface area contributed by atoms with Crippen LogP contribution in [0.2, 0.25) is 0 Å². The van der Waals surface area contributed by atoms with E-state index in [0.717, 1.165) is 33.4 Å². The van der Waals surface area contributed by atoms with E-state index in [4.69, 9.17) is 28.9 Å². The number of rotatable bonds is 18. The molecule has 2 N–H and O–H groups in total. The van der Waals surface area contributed by atoms with Gasteiger partial charge in [0.25, 0.3) is 0 Å². The molecule has 3 aromatic rings. The molecule has 0 aromatic carbocycles. The number of hydrogen-bond acceptors (Lipinski definition) is 12. The molecule has 63 heavy (non-hydrogen) atoms. The molecule has 5 heterocycles. The van der Waals surface area contributed by atoms with Gasteiger partial charge < -0.3 is 28.9 Å². The topological polar surface area (TPSA) is 197 Å². The summed E-state index contributed by atoms with van der Waals surface area (Å²) in [7, 11) is 0. The molecule has 0 radical (unpaired) electrons. The number of esters is 4. The Morgan fingerprint density at radius 3 is 1.48 bits per heavy atom. The summed E-state index contributed by atoms with van der Waals surface area (Å²) in [4.78, 5) is 97.5. The Bertz CT molecular complexity index is 2570. The molecule has 6 rings (SSSR count). The van der Waals surface area contributed by atoms with Gasteiger partial charge >= 0.3 is 23.9 Å². The van der Waals surface area contributed by atoms with Crippen LogP contribution in [0.15, 0.2) is 24.3 Å². The van der Waals surface area contributed by atoms with Crippen molar-refractivity contribution >= 4 is 68.7 Å². The van der Waals surface area contributed by atoms with Gasteiger partial charge in [-0.05, 0) is 146 Å². The minimum atomic E-state index is -1.57. The number of hydrogen-bond donors (Lipinski definition) is 2. The van der Waals surface area contributed by atoms with Crippen LogP contribution in [0.3, 0.4) is 0 Å². The highest BCUT2D eigenvalue weighted by atomic mass is 16.5. The summed E-state index contributed by atoms with van der Waals surface area (Å²) < 4.78 is 21.3. The molecule has 1 saturated carbocycles. The van der Waals surface area contributed by atoms with Gasteiger partial charge in [0, 0.05) is 58.6 Å². The first-order valence-electron chi connectivity index (χ1n) is 22.1. The molecule has 1 fully saturated rings. The van der Waals surface area contributed by atoms with Gasteiger partial charge in [-0.1, -0.05) is 6.92 Å². The fraction of sp³-hybridized carbons (Fsp3) is 0.510. The number of ether oxygens (including phenoxy) is 4. The van der Waals surface area contributed by atoms with Crippen LogP contribution in [0.5, 0.6) is 0 Å². The number of Topliss-reactive ketones (excluding diaryl/α,β-unsaturated/α-hetero) is 2. The normalized spacial score (nSPS) is 18.4. The van der Waals surface area contributed by atoms with Crippen molar-refractivity contribution in [3.8, 4) is 0 Å². The number of allylic oxidation sites excluding steroid dienone is 2. The van der Waals surface area contributed by atoms with Crippen molar-refractivity contribution in [3.63, 3.8) is 0 Å². The molecule has 1 aliphatic carbocycles. The van der Waals surface area contributed by atoms with E-state index in [2.05, 4.69) is 9.97 Å². The van der Waals surface area contributed by atoms with Crippen LogP contribution in [0.4, 0.5) is 0 Å². The first kappa shape index (κ1) is 46.6. The predicted molar refractivity (Wildman–Crippen MR) is 237 cm³/mol. The van der Waals surface area contributed by atoms with E-state index in [-0.39, 0.29) is 88.0 Å². The van der Waals surface area contributed by atoms with Crippen molar-refractivity contribution in [3.05, 3.63) is 69.3 Å². The lowest BCUT2D eigenvalue weighted by Gasteiger charge is -2.21. The van der Waals surface area contributed by atoms with Gasteiger partial charge in [-0.3, -0.25) is 33.8 Å². The summed E-state index contributed by atoms with van der Waals surface area (Å²) in [6.45, 7) is 18.5. The average molecular weight is 865 g/mol. The number of nitrogens with one attached hydrogen (secondary N) is 2. The quantitative estimate of drug-likeness (QED) is 0.0713. The minimum absolute atomic E-state index is 0.0620. The fourth-order valence-electron chi connectivity index (χ4n) is 10.6. The van der Waals surface area contributed by atoms with Crippen LogP contribution in [0.1, 0.15) is 139 Å². The van der Waals surface area contributed by atoms with Gasteiger partial charge in [0.15, 0.2) is 0 Å². The van der Waals surface area contributed by atoms with Crippen LogP contribution in [-0.4, -0.2) is 81.8 Å². The average Bonchev–Trinajstić information content (AvgIpc) is 3.53. The Morgan fingerprint density at radius 2 is 0.984 bits per heavy atom. The van der Waals surface area contributed by atoms with E-state index in [1.165, 1.54) is 13.8 Å². The summed E-state index contributed by atoms with van der Waals surface area (Å²) in [5.41, 5.74) is 5.94. The molecule has 8 bridgehead atoms. The highest BCUT2D eigenvalue weighted by Gasteiger charge is 2.92. The number of aromatic amines is 2. The van der Waals surface area contributed by atoms with Gasteiger partial charge in [-0.15, -0.1) is 0 Å². The fourth-order valence-corrected chi connectivity index (χ4v) is 10.6. The van der Waals surface area contributed by atoms with Crippen LogP contribution in [-0.2, 0) is 71.4 Å². The van der Waals surface area contributed by atoms with Crippen LogP contribution >= 0.6 is 0 Å². The number of fused-ring (bicyclic) bond motifs is 11. The second-order valence-electron chi connectivity index (χ2n) is 16.7. The molecule has 0 saturated heterocycles. The van der Waals surface area contributed by atoms with E-state index in [9.17, 15) is 28.8 Å². The van der Waals surface area contributed by atoms with Crippen molar-refractivity contribution in [1.29, 1.82) is 0 Å². The van der Waals surface area contributed by atoms with Gasteiger partial charge in [0.05, 0.1) is 49.2 Å². The molecule has 2 unspecified atom stereocenters. The Labute approximate surface area is 367 Å². The predicted octanol–water partition coefficient (Wildman–Crippen LogP) is 7.91. The largest absolute Gasteiger partial charge is 0.466 e. The van der Waals surface area contributed by atoms with Crippen molar-refractivity contribution < 1.29 is 47.7 Å². The molecule has 14 nitrogen and oxygen atoms in total. The smallest absolute Gasteiger partial charge is 0.306 e. The summed E-state index contributed by atoms with van der Waals surface area (Å²) in [5.74, 6) is -2.14. The first-order valence-corrected chi connectivity index (χ1v) is 22.1. The van der Waals surface area contributed by atoms with Crippen molar-refractivity contribution in [2.45, 2.75) is 131 Å². The van der Waals surface area contributed by atoms with E-state index in [1.807, 2.05) is 52.0 Å². The van der Waals surface area contributed by atoms with Crippen molar-refractivity contribution in [2.75, 3.05) is 26.4 Å². The maximum Gasteiger partial charge on any atom is 0.306 e. The lowest BCUT2D eigenvalue weighted by Crippen LogP contribution is -2.34. The molecule has 2 aliphatic heterocycles. The summed E-state index contributed by atoms with van der Waals surface area (Å²) in [6.07, 6.45) is 1.41. The standard InChI is InChI=1S/C49H60N4O10/c1-11-60-43(56)18-15-32-27(5)35-23-39-33(16-19-44(57)61-12-2)29(7)37(52-39)25-42-48(22-21-46(59)63-14-4)47(10,49(48,30(8)54)31(9)55)41(53-42)26-40-34(17-20-45(58)62-13-3)28(6)36(51-40)24-38(32)50-35/h23-26,51-52H,11-22H2,1-10H3. The summed E-state index contributed by atoms with van der Waals surface area (Å²) >= 11 is 0. The van der Waals surface area contributed by atoms with Crippen molar-refractivity contribution in [2.24, 2.45) is 5.41 Å². The highest BCUT2D eigenvalue weighted by Crippen LogP contribution is 2.82. The number of carbonyl (C=O) groups is 6. The van der Waals surface area contributed by atoms with E-state index in [0.29, 0.717) is 64.1 Å². The molecule has 0 amide bonds. The van der Waals surface area contributed by atoms with Gasteiger partial charge in [-0.25, -0.2) is 4.98 Å². The Kier molecular flexibility index (Phi) is 13.6. The first-order chi connectivity index (χ1) is 30.0. The number of aryl methyl sites for hydroxylation is 4. The number of carbonyl (C=O) groups excluding carboxylic acids is 6. The Hall–Kier alpha value is -5.92. The summed E-state index contributed by atoms with van der Waals surface area (Å²) in [5, 5.41) is 0. The lowest BCUT2D eigenvalue weighted by molar-refractivity contribution is -0.144. The van der Waals surface area contributed by atoms with Crippen molar-refractivity contribution in [1.82, 2.24) is 19.9 Å². The summed E-state index contributed by atoms with van der Waals surface area (Å²) in [6, 6.07) is 7.60. The zero-order chi connectivity index (χ0) is 46.0. The van der Waals surface area contributed by atoms with Gasteiger partial charge in [-0.2, -0.15) is 0 Å². The number of nitrogens with zero attached hydrogens (tertiary/aromatic N) is 2. The number of ketones is 2. The van der Waals surface area contributed by atoms with Crippen LogP contribution in [0.25, 0.3) is 33.2 Å². The minimum Gasteiger partial charge on any atom is -0.466 e. The molecule has 336 valence electrons. The lowest BCUT2D eigenvalue weighted by atomic mass is 9.80. The van der Waals surface area contributed by atoms with E-state index < -0.39 is 22.2 Å². The molecule has 0 spiro atoms. The second kappa shape index (κ2) is 18.4. The zero-order valence-electron chi connectivity index (χ0n) is 38.3. The third-order valence-electron chi connectivity index (χ3n) is 13.5. The zero-order valence-corrected chi connectivity index (χ0v) is 38.3. The molecule has 3 aromatic heterocycles. The number of H-pyrrole nitrogens is 2.